The molecule has 1 aromatic carbocycles. The zero-order valence-electron chi connectivity index (χ0n) is 11.6. The molecule has 0 saturated carbocycles. The topological polar surface area (TPSA) is 93.4 Å². The van der Waals surface area contributed by atoms with Crippen LogP contribution >= 0.6 is 0 Å². The minimum atomic E-state index is -0.433. The monoisotopic (exact) mass is 279 g/mol. The van der Waals surface area contributed by atoms with E-state index in [9.17, 15) is 9.59 Å². The summed E-state index contributed by atoms with van der Waals surface area (Å²) < 4.78 is 4.84. The Balaban J connectivity index is 2.17. The van der Waals surface area contributed by atoms with Gasteiger partial charge >= 0.3 is 0 Å². The first-order valence-corrected chi connectivity index (χ1v) is 6.48. The van der Waals surface area contributed by atoms with Crippen molar-refractivity contribution in [2.45, 2.75) is 13.0 Å². The Hall–Kier alpha value is -1.92. The molecule has 0 spiro atoms. The number of methoxy groups -OCH3 is 1. The molecule has 110 valence electrons. The van der Waals surface area contributed by atoms with Crippen LogP contribution in [0.15, 0.2) is 24.3 Å². The maximum absolute atomic E-state index is 11.4. The van der Waals surface area contributed by atoms with Crippen LogP contribution in [0.1, 0.15) is 22.3 Å². The number of hydrogen-bond donors (Lipinski definition) is 3. The Morgan fingerprint density at radius 3 is 2.50 bits per heavy atom. The summed E-state index contributed by atoms with van der Waals surface area (Å²) in [4.78, 5) is 22.3. The van der Waals surface area contributed by atoms with Gasteiger partial charge in [-0.2, -0.15) is 0 Å². The number of carbonyl (C=O) groups is 2. The second-order valence-corrected chi connectivity index (χ2v) is 4.33. The number of ether oxygens (including phenoxy) is 1. The lowest BCUT2D eigenvalue weighted by Gasteiger charge is -2.06. The molecule has 0 aliphatic carbocycles. The third-order valence-corrected chi connectivity index (χ3v) is 2.72. The van der Waals surface area contributed by atoms with Crippen molar-refractivity contribution >= 4 is 11.8 Å². The van der Waals surface area contributed by atoms with Gasteiger partial charge in [-0.15, -0.1) is 0 Å². The largest absolute Gasteiger partial charge is 0.383 e. The minimum Gasteiger partial charge on any atom is -0.383 e. The molecule has 0 radical (unpaired) electrons. The summed E-state index contributed by atoms with van der Waals surface area (Å²) in [7, 11) is 1.59. The number of benzene rings is 1. The lowest BCUT2D eigenvalue weighted by Crippen LogP contribution is -2.29. The fraction of sp³-hybridized carbons (Fsp3) is 0.429. The summed E-state index contributed by atoms with van der Waals surface area (Å²) in [5.74, 6) is -0.434. The predicted molar refractivity (Wildman–Crippen MR) is 76.2 cm³/mol. The molecule has 6 heteroatoms. The van der Waals surface area contributed by atoms with E-state index in [4.69, 9.17) is 10.5 Å². The molecule has 0 atom stereocenters. The van der Waals surface area contributed by atoms with Gasteiger partial charge in [-0.05, 0) is 17.7 Å². The molecule has 1 aromatic rings. The highest BCUT2D eigenvalue weighted by Gasteiger charge is 2.01. The van der Waals surface area contributed by atoms with Crippen molar-refractivity contribution in [2.24, 2.45) is 5.73 Å². The van der Waals surface area contributed by atoms with E-state index in [1.54, 1.807) is 19.2 Å². The van der Waals surface area contributed by atoms with Crippen LogP contribution in [-0.4, -0.2) is 38.6 Å². The molecule has 0 aliphatic heterocycles. The smallest absolute Gasteiger partial charge is 0.248 e. The average Bonchev–Trinajstić information content (AvgIpc) is 2.44. The van der Waals surface area contributed by atoms with E-state index < -0.39 is 5.91 Å². The zero-order chi connectivity index (χ0) is 14.8. The Kier molecular flexibility index (Phi) is 7.31. The van der Waals surface area contributed by atoms with Crippen LogP contribution in [0.25, 0.3) is 0 Å². The van der Waals surface area contributed by atoms with E-state index in [0.29, 0.717) is 38.2 Å². The van der Waals surface area contributed by atoms with Gasteiger partial charge < -0.3 is 21.1 Å². The Bertz CT molecular complexity index is 432. The molecular formula is C14H21N3O3. The molecule has 0 saturated heterocycles. The van der Waals surface area contributed by atoms with Gasteiger partial charge in [-0.25, -0.2) is 0 Å². The van der Waals surface area contributed by atoms with E-state index in [1.165, 1.54) is 0 Å². The van der Waals surface area contributed by atoms with Crippen LogP contribution in [0, 0.1) is 0 Å². The van der Waals surface area contributed by atoms with Gasteiger partial charge in [0, 0.05) is 38.7 Å². The maximum Gasteiger partial charge on any atom is 0.248 e. The summed E-state index contributed by atoms with van der Waals surface area (Å²) in [5.41, 5.74) is 6.69. The highest BCUT2D eigenvalue weighted by Crippen LogP contribution is 2.03. The first-order chi connectivity index (χ1) is 9.63. The van der Waals surface area contributed by atoms with Gasteiger partial charge in [0.25, 0.3) is 0 Å². The average molecular weight is 279 g/mol. The Morgan fingerprint density at radius 1 is 1.20 bits per heavy atom. The molecule has 2 amide bonds. The quantitative estimate of drug-likeness (QED) is 0.556. The highest BCUT2D eigenvalue weighted by molar-refractivity contribution is 5.92. The molecule has 0 heterocycles. The molecule has 0 fully saturated rings. The van der Waals surface area contributed by atoms with Crippen LogP contribution < -0.4 is 16.4 Å². The lowest BCUT2D eigenvalue weighted by atomic mass is 10.1. The first-order valence-electron chi connectivity index (χ1n) is 6.48. The maximum atomic E-state index is 11.4. The molecule has 0 bridgehead atoms. The van der Waals surface area contributed by atoms with Crippen molar-refractivity contribution < 1.29 is 14.3 Å². The summed E-state index contributed by atoms with van der Waals surface area (Å²) in [6, 6.07) is 7.06. The second-order valence-electron chi connectivity index (χ2n) is 4.33. The number of amides is 2. The van der Waals surface area contributed by atoms with E-state index in [1.807, 2.05) is 12.1 Å². The van der Waals surface area contributed by atoms with Crippen molar-refractivity contribution in [3.63, 3.8) is 0 Å². The number of rotatable bonds is 9. The molecule has 6 nitrogen and oxygen atoms in total. The molecule has 4 N–H and O–H groups in total. The van der Waals surface area contributed by atoms with Gasteiger partial charge in [0.15, 0.2) is 0 Å². The number of carbonyl (C=O) groups excluding carboxylic acids is 2. The molecule has 20 heavy (non-hydrogen) atoms. The van der Waals surface area contributed by atoms with E-state index in [0.717, 1.165) is 5.56 Å². The number of nitrogens with two attached hydrogens (primary N) is 1. The Labute approximate surface area is 118 Å². The molecule has 1 rings (SSSR count). The van der Waals surface area contributed by atoms with Gasteiger partial charge in [0.2, 0.25) is 11.8 Å². The van der Waals surface area contributed by atoms with Gasteiger partial charge in [-0.3, -0.25) is 9.59 Å². The summed E-state index contributed by atoms with van der Waals surface area (Å²) >= 11 is 0. The van der Waals surface area contributed by atoms with Gasteiger partial charge in [0.1, 0.15) is 0 Å². The lowest BCUT2D eigenvalue weighted by molar-refractivity contribution is -0.121. The fourth-order valence-corrected chi connectivity index (χ4v) is 1.60. The van der Waals surface area contributed by atoms with Crippen LogP contribution in [0.5, 0.6) is 0 Å². The van der Waals surface area contributed by atoms with Crippen LogP contribution in [0.3, 0.4) is 0 Å². The third-order valence-electron chi connectivity index (χ3n) is 2.72. The van der Waals surface area contributed by atoms with Crippen LogP contribution in [0.2, 0.25) is 0 Å². The zero-order valence-corrected chi connectivity index (χ0v) is 11.6. The highest BCUT2D eigenvalue weighted by atomic mass is 16.5. The first kappa shape index (κ1) is 16.1. The van der Waals surface area contributed by atoms with E-state index in [-0.39, 0.29) is 5.91 Å². The van der Waals surface area contributed by atoms with Crippen LogP contribution in [0.4, 0.5) is 0 Å². The molecular weight excluding hydrogens is 258 g/mol. The van der Waals surface area contributed by atoms with Crippen molar-refractivity contribution in [2.75, 3.05) is 26.8 Å². The second kappa shape index (κ2) is 9.06. The van der Waals surface area contributed by atoms with Crippen molar-refractivity contribution in [3.8, 4) is 0 Å². The molecule has 0 aromatic heterocycles. The number of hydrogen-bond acceptors (Lipinski definition) is 4. The fourth-order valence-electron chi connectivity index (χ4n) is 1.60. The SMILES string of the molecule is COCCNC(=O)CCNCc1ccc(C(N)=O)cc1. The van der Waals surface area contributed by atoms with Crippen LogP contribution in [-0.2, 0) is 16.1 Å². The minimum absolute atomic E-state index is 0.00127. The summed E-state index contributed by atoms with van der Waals surface area (Å²) in [6.07, 6.45) is 0.420. The van der Waals surface area contributed by atoms with Gasteiger partial charge in [-0.1, -0.05) is 12.1 Å². The van der Waals surface area contributed by atoms with E-state index in [2.05, 4.69) is 10.6 Å². The standard InChI is InChI=1S/C14H21N3O3/c1-20-9-8-17-13(18)6-7-16-10-11-2-4-12(5-3-11)14(15)19/h2-5,16H,6-10H2,1H3,(H2,15,19)(H,17,18). The summed E-state index contributed by atoms with van der Waals surface area (Å²) in [6.45, 7) is 2.29. The molecule has 0 aliphatic rings. The van der Waals surface area contributed by atoms with Crippen molar-refractivity contribution in [3.05, 3.63) is 35.4 Å². The molecule has 0 unspecified atom stereocenters. The third kappa shape index (κ3) is 6.31. The number of primary amides is 1. The van der Waals surface area contributed by atoms with Crippen molar-refractivity contribution in [1.82, 2.24) is 10.6 Å². The normalized spacial score (nSPS) is 10.2. The predicted octanol–water partition coefficient (Wildman–Crippen LogP) is 0.0278. The van der Waals surface area contributed by atoms with E-state index >= 15 is 0 Å². The van der Waals surface area contributed by atoms with Gasteiger partial charge in [0.05, 0.1) is 6.61 Å². The van der Waals surface area contributed by atoms with Crippen molar-refractivity contribution in [1.29, 1.82) is 0 Å². The number of nitrogens with one attached hydrogen (secondary N) is 2. The summed E-state index contributed by atoms with van der Waals surface area (Å²) in [5, 5.41) is 5.91. The Morgan fingerprint density at radius 2 is 1.90 bits per heavy atom.